The first kappa shape index (κ1) is 11.8. The van der Waals surface area contributed by atoms with Gasteiger partial charge in [0.15, 0.2) is 0 Å². The summed E-state index contributed by atoms with van der Waals surface area (Å²) in [7, 11) is -1.99. The van der Waals surface area contributed by atoms with Crippen molar-refractivity contribution in [2.75, 3.05) is 12.3 Å². The van der Waals surface area contributed by atoms with E-state index in [0.29, 0.717) is 10.1 Å². The number of hydrogen-bond acceptors (Lipinski definition) is 3. The molecule has 1 rings (SSSR count). The molecule has 0 fully saturated rings. The Bertz CT molecular complexity index is 406. The van der Waals surface area contributed by atoms with Crippen LogP contribution in [-0.4, -0.2) is 20.7 Å². The van der Waals surface area contributed by atoms with Crippen molar-refractivity contribution < 1.29 is 8.42 Å². The fraction of sp³-hybridized carbons (Fsp3) is 0.250. The van der Waals surface area contributed by atoms with Crippen molar-refractivity contribution in [1.29, 1.82) is 0 Å². The second kappa shape index (κ2) is 5.02. The Balaban J connectivity index is 3.20. The Hall–Kier alpha value is -0.230. The summed E-state index contributed by atoms with van der Waals surface area (Å²) in [6, 6.07) is 6.75. The summed E-state index contributed by atoms with van der Waals surface area (Å²) >= 11 is 6.84. The quantitative estimate of drug-likeness (QED) is 0.657. The zero-order valence-corrected chi connectivity index (χ0v) is 9.92. The summed E-state index contributed by atoms with van der Waals surface area (Å²) in [5.74, 6) is 0. The van der Waals surface area contributed by atoms with Gasteiger partial charge in [0.2, 0.25) is 10.0 Å². The minimum Gasteiger partial charge on any atom is -0.214 e. The lowest BCUT2D eigenvalue weighted by Crippen LogP contribution is -2.19. The van der Waals surface area contributed by atoms with Crippen LogP contribution in [0, 0.1) is 0 Å². The molecule has 78 valence electrons. The fourth-order valence-electron chi connectivity index (χ4n) is 0.960. The predicted octanol–water partition coefficient (Wildman–Crippen LogP) is 1.88. The molecule has 1 aromatic carbocycles. The van der Waals surface area contributed by atoms with Crippen molar-refractivity contribution in [2.24, 2.45) is 0 Å². The van der Waals surface area contributed by atoms with E-state index < -0.39 is 10.0 Å². The van der Waals surface area contributed by atoms with Crippen molar-refractivity contribution in [2.45, 2.75) is 9.79 Å². The van der Waals surface area contributed by atoms with E-state index in [9.17, 15) is 8.42 Å². The molecule has 0 atom stereocenters. The van der Waals surface area contributed by atoms with Crippen molar-refractivity contribution in [3.05, 3.63) is 24.3 Å². The van der Waals surface area contributed by atoms with Crippen molar-refractivity contribution in [3.63, 3.8) is 0 Å². The van der Waals surface area contributed by atoms with Crippen LogP contribution in [0.15, 0.2) is 34.1 Å². The Morgan fingerprint density at radius 3 is 2.64 bits per heavy atom. The van der Waals surface area contributed by atoms with Gasteiger partial charge in [-0.05, 0) is 19.2 Å². The van der Waals surface area contributed by atoms with Crippen LogP contribution in [0.5, 0.6) is 0 Å². The maximum absolute atomic E-state index is 11.5. The van der Waals surface area contributed by atoms with E-state index in [1.807, 2.05) is 0 Å². The molecule has 0 saturated heterocycles. The first-order chi connectivity index (χ1) is 6.61. The minimum absolute atomic E-state index is 0.271. The Morgan fingerprint density at radius 2 is 2.07 bits per heavy atom. The van der Waals surface area contributed by atoms with Crippen LogP contribution in [-0.2, 0) is 10.0 Å². The molecule has 0 bridgehead atoms. The normalized spacial score (nSPS) is 11.6. The molecule has 0 aliphatic carbocycles. The van der Waals surface area contributed by atoms with Gasteiger partial charge < -0.3 is 0 Å². The number of halogens is 1. The molecule has 14 heavy (non-hydrogen) atoms. The Labute approximate surface area is 92.9 Å². The van der Waals surface area contributed by atoms with Gasteiger partial charge in [0, 0.05) is 4.90 Å². The third kappa shape index (κ3) is 2.63. The summed E-state index contributed by atoms with van der Waals surface area (Å²) < 4.78 is 25.3. The van der Waals surface area contributed by atoms with Gasteiger partial charge in [-0.25, -0.2) is 13.1 Å². The molecule has 0 radical (unpaired) electrons. The van der Waals surface area contributed by atoms with Gasteiger partial charge in [0.25, 0.3) is 0 Å². The summed E-state index contributed by atoms with van der Waals surface area (Å²) in [5.41, 5.74) is 0. The molecule has 0 heterocycles. The largest absolute Gasteiger partial charge is 0.241 e. The highest BCUT2D eigenvalue weighted by atomic mass is 35.5. The molecular formula is C8H10ClNO2S2. The van der Waals surface area contributed by atoms with E-state index in [4.69, 9.17) is 11.6 Å². The third-order valence-electron chi connectivity index (χ3n) is 1.62. The van der Waals surface area contributed by atoms with Gasteiger partial charge in [-0.1, -0.05) is 12.1 Å². The van der Waals surface area contributed by atoms with E-state index >= 15 is 0 Å². The molecule has 0 amide bonds. The maximum Gasteiger partial charge on any atom is 0.241 e. The smallest absolute Gasteiger partial charge is 0.214 e. The minimum atomic E-state index is -3.38. The maximum atomic E-state index is 11.5. The number of thioether (sulfide) groups is 1. The standard InChI is InChI=1S/C8H10ClNO2S2/c1-10-14(11,12)8-5-3-2-4-7(8)13-6-9/h2-5,10H,6H2,1H3. The molecule has 0 spiro atoms. The molecule has 0 unspecified atom stereocenters. The lowest BCUT2D eigenvalue weighted by Gasteiger charge is -2.07. The van der Waals surface area contributed by atoms with Crippen LogP contribution in [0.4, 0.5) is 0 Å². The molecule has 6 heteroatoms. The lowest BCUT2D eigenvalue weighted by molar-refractivity contribution is 0.586. The monoisotopic (exact) mass is 251 g/mol. The van der Waals surface area contributed by atoms with Gasteiger partial charge in [0.1, 0.15) is 0 Å². The topological polar surface area (TPSA) is 46.2 Å². The molecule has 0 aliphatic heterocycles. The van der Waals surface area contributed by atoms with Gasteiger partial charge in [-0.3, -0.25) is 0 Å². The van der Waals surface area contributed by atoms with E-state index in [1.165, 1.54) is 18.8 Å². The number of alkyl halides is 1. The van der Waals surface area contributed by atoms with Crippen LogP contribution in [0.25, 0.3) is 0 Å². The zero-order chi connectivity index (χ0) is 10.6. The average molecular weight is 252 g/mol. The van der Waals surface area contributed by atoms with Crippen LogP contribution >= 0.6 is 23.4 Å². The number of nitrogens with one attached hydrogen (secondary N) is 1. The average Bonchev–Trinajstić information content (AvgIpc) is 2.19. The van der Waals surface area contributed by atoms with Crippen LogP contribution in [0.2, 0.25) is 0 Å². The van der Waals surface area contributed by atoms with Crippen molar-refractivity contribution in [1.82, 2.24) is 4.72 Å². The number of sulfonamides is 1. The molecule has 0 saturated carbocycles. The highest BCUT2D eigenvalue weighted by Gasteiger charge is 2.15. The van der Waals surface area contributed by atoms with Crippen LogP contribution < -0.4 is 4.72 Å². The van der Waals surface area contributed by atoms with Gasteiger partial charge in [-0.2, -0.15) is 0 Å². The summed E-state index contributed by atoms with van der Waals surface area (Å²) in [6.07, 6.45) is 0. The van der Waals surface area contributed by atoms with E-state index in [1.54, 1.807) is 24.3 Å². The van der Waals surface area contributed by atoms with Gasteiger partial charge in [0.05, 0.1) is 10.1 Å². The molecule has 0 aromatic heterocycles. The summed E-state index contributed by atoms with van der Waals surface area (Å²) in [5, 5.41) is 0.330. The fourth-order valence-corrected chi connectivity index (χ4v) is 3.13. The summed E-state index contributed by atoms with van der Waals surface area (Å²) in [4.78, 5) is 0.935. The number of benzene rings is 1. The Morgan fingerprint density at radius 1 is 1.43 bits per heavy atom. The van der Waals surface area contributed by atoms with E-state index in [2.05, 4.69) is 4.72 Å². The van der Waals surface area contributed by atoms with Crippen molar-refractivity contribution in [3.8, 4) is 0 Å². The van der Waals surface area contributed by atoms with Crippen LogP contribution in [0.3, 0.4) is 0 Å². The molecule has 0 aliphatic rings. The lowest BCUT2D eigenvalue weighted by atomic mass is 10.4. The highest BCUT2D eigenvalue weighted by Crippen LogP contribution is 2.26. The second-order valence-electron chi connectivity index (χ2n) is 2.41. The van der Waals surface area contributed by atoms with Crippen molar-refractivity contribution >= 4 is 33.4 Å². The predicted molar refractivity (Wildman–Crippen MR) is 59.3 cm³/mol. The SMILES string of the molecule is CNS(=O)(=O)c1ccccc1SCCl. The third-order valence-corrected chi connectivity index (χ3v) is 4.32. The zero-order valence-electron chi connectivity index (χ0n) is 7.53. The van der Waals surface area contributed by atoms with Gasteiger partial charge in [-0.15, -0.1) is 23.4 Å². The van der Waals surface area contributed by atoms with Gasteiger partial charge >= 0.3 is 0 Å². The Kier molecular flexibility index (Phi) is 4.25. The molecule has 1 aromatic rings. The molecule has 3 nitrogen and oxygen atoms in total. The molecular weight excluding hydrogens is 242 g/mol. The number of hydrogen-bond donors (Lipinski definition) is 1. The highest BCUT2D eigenvalue weighted by molar-refractivity contribution is 8.01. The van der Waals surface area contributed by atoms with E-state index in [-0.39, 0.29) is 4.90 Å². The van der Waals surface area contributed by atoms with Crippen LogP contribution in [0.1, 0.15) is 0 Å². The molecule has 1 N–H and O–H groups in total. The first-order valence-electron chi connectivity index (χ1n) is 3.83. The number of rotatable bonds is 4. The first-order valence-corrected chi connectivity index (χ1v) is 6.83. The summed E-state index contributed by atoms with van der Waals surface area (Å²) in [6.45, 7) is 0. The van der Waals surface area contributed by atoms with E-state index in [0.717, 1.165) is 0 Å². The second-order valence-corrected chi connectivity index (χ2v) is 5.86.